The summed E-state index contributed by atoms with van der Waals surface area (Å²) in [6, 6.07) is 7.24. The van der Waals surface area contributed by atoms with Crippen molar-refractivity contribution < 1.29 is 14.0 Å². The van der Waals surface area contributed by atoms with Crippen molar-refractivity contribution >= 4 is 46.7 Å². The molecule has 3 rings (SSSR count). The second-order valence-electron chi connectivity index (χ2n) is 5.14. The van der Waals surface area contributed by atoms with Crippen molar-refractivity contribution in [2.24, 2.45) is 0 Å². The predicted molar refractivity (Wildman–Crippen MR) is 94.3 cm³/mol. The summed E-state index contributed by atoms with van der Waals surface area (Å²) in [6.07, 6.45) is 1.95. The van der Waals surface area contributed by atoms with E-state index in [4.69, 9.17) is 4.42 Å². The molecular formula is C15H16N4O3S2. The largest absolute Gasteiger partial charge is 0.415 e. The van der Waals surface area contributed by atoms with Gasteiger partial charge in [0.05, 0.1) is 22.4 Å². The Hall–Kier alpha value is -2.00. The number of hydrogen-bond acceptors (Lipinski definition) is 7. The van der Waals surface area contributed by atoms with E-state index in [0.717, 1.165) is 0 Å². The number of amides is 2. The number of nitrogens with one attached hydrogen (secondary N) is 1. The Kier molecular flexibility index (Phi) is 5.10. The third kappa shape index (κ3) is 3.57. The van der Waals surface area contributed by atoms with Crippen molar-refractivity contribution in [2.75, 3.05) is 23.0 Å². The summed E-state index contributed by atoms with van der Waals surface area (Å²) in [4.78, 5) is 26.1. The number of fused-ring (bicyclic) bond motifs is 1. The van der Waals surface area contributed by atoms with E-state index in [-0.39, 0.29) is 18.4 Å². The third-order valence-electron chi connectivity index (χ3n) is 3.38. The van der Waals surface area contributed by atoms with Crippen LogP contribution in [0.5, 0.6) is 0 Å². The van der Waals surface area contributed by atoms with E-state index in [2.05, 4.69) is 15.5 Å². The quantitative estimate of drug-likeness (QED) is 0.815. The zero-order valence-electron chi connectivity index (χ0n) is 13.2. The fourth-order valence-electron chi connectivity index (χ4n) is 2.32. The topological polar surface area (TPSA) is 88.3 Å². The van der Waals surface area contributed by atoms with Gasteiger partial charge in [-0.2, -0.15) is 11.8 Å². The average molecular weight is 364 g/mol. The molecule has 1 aliphatic heterocycles. The molecule has 1 aromatic heterocycles. The van der Waals surface area contributed by atoms with Gasteiger partial charge in [0.25, 0.3) is 5.22 Å². The molecule has 1 unspecified atom stereocenters. The summed E-state index contributed by atoms with van der Waals surface area (Å²) in [6.45, 7) is 1.77. The van der Waals surface area contributed by atoms with Crippen molar-refractivity contribution in [3.8, 4) is 0 Å². The number of benzene rings is 1. The molecule has 0 aliphatic carbocycles. The maximum Gasteiger partial charge on any atom is 0.277 e. The van der Waals surface area contributed by atoms with Crippen LogP contribution in [0.4, 0.5) is 11.4 Å². The molecule has 126 valence electrons. The van der Waals surface area contributed by atoms with Crippen LogP contribution in [0.2, 0.25) is 0 Å². The fourth-order valence-corrected chi connectivity index (χ4v) is 3.44. The highest BCUT2D eigenvalue weighted by molar-refractivity contribution is 8.00. The number of rotatable bonds is 5. The van der Waals surface area contributed by atoms with Crippen molar-refractivity contribution in [2.45, 2.75) is 23.1 Å². The lowest BCUT2D eigenvalue weighted by Gasteiger charge is -2.30. The first-order valence-corrected chi connectivity index (χ1v) is 9.54. The van der Waals surface area contributed by atoms with Crippen LogP contribution < -0.4 is 10.2 Å². The Morgan fingerprint density at radius 2 is 2.21 bits per heavy atom. The smallest absolute Gasteiger partial charge is 0.277 e. The first kappa shape index (κ1) is 16.8. The Bertz CT molecular complexity index is 765. The molecule has 0 fully saturated rings. The molecule has 2 heterocycles. The van der Waals surface area contributed by atoms with Gasteiger partial charge in [0, 0.05) is 0 Å². The van der Waals surface area contributed by atoms with Crippen molar-refractivity contribution in [1.82, 2.24) is 10.2 Å². The third-order valence-corrected chi connectivity index (χ3v) is 4.84. The molecule has 1 atom stereocenters. The lowest BCUT2D eigenvalue weighted by Crippen LogP contribution is -2.45. The molecular weight excluding hydrogens is 348 g/mol. The van der Waals surface area contributed by atoms with E-state index in [1.54, 1.807) is 24.8 Å². The molecule has 0 saturated heterocycles. The van der Waals surface area contributed by atoms with Gasteiger partial charge in [0.2, 0.25) is 17.7 Å². The fraction of sp³-hybridized carbons (Fsp3) is 0.333. The molecule has 1 aromatic carbocycles. The normalized spacial score (nSPS) is 14.9. The number of nitrogens with zero attached hydrogens (tertiary/aromatic N) is 3. The molecule has 0 radical (unpaired) electrons. The van der Waals surface area contributed by atoms with Crippen LogP contribution in [0.3, 0.4) is 0 Å². The number of carbonyl (C=O) groups is 2. The molecule has 24 heavy (non-hydrogen) atoms. The highest BCUT2D eigenvalue weighted by Crippen LogP contribution is 2.32. The second kappa shape index (κ2) is 7.27. The Labute approximate surface area is 147 Å². The molecule has 1 N–H and O–H groups in total. The SMILES string of the molecule is CSCc1nnc(SC(C)C(=O)N2CC(=O)Nc3ccccc32)o1. The van der Waals surface area contributed by atoms with Gasteiger partial charge in [-0.1, -0.05) is 23.9 Å². The van der Waals surface area contributed by atoms with Crippen molar-refractivity contribution in [3.63, 3.8) is 0 Å². The van der Waals surface area contributed by atoms with Crippen LogP contribution in [-0.2, 0) is 15.3 Å². The van der Waals surface area contributed by atoms with Crippen molar-refractivity contribution in [1.29, 1.82) is 0 Å². The lowest BCUT2D eigenvalue weighted by atomic mass is 10.2. The standard InChI is InChI=1S/C15H16N4O3S2/c1-9(24-15-18-17-13(22-15)8-23-2)14(21)19-7-12(20)16-10-5-3-4-6-11(10)19/h3-6,9H,7-8H2,1-2H3,(H,16,20). The average Bonchev–Trinajstić information content (AvgIpc) is 3.00. The summed E-state index contributed by atoms with van der Waals surface area (Å²) in [5.74, 6) is 0.786. The highest BCUT2D eigenvalue weighted by Gasteiger charge is 2.30. The van der Waals surface area contributed by atoms with Crippen LogP contribution >= 0.6 is 23.5 Å². The van der Waals surface area contributed by atoms with Crippen LogP contribution in [-0.4, -0.2) is 40.1 Å². The van der Waals surface area contributed by atoms with E-state index in [1.807, 2.05) is 24.5 Å². The first-order chi connectivity index (χ1) is 11.6. The number of aromatic nitrogens is 2. The van der Waals surface area contributed by atoms with Gasteiger partial charge in [-0.3, -0.25) is 14.5 Å². The molecule has 7 nitrogen and oxygen atoms in total. The highest BCUT2D eigenvalue weighted by atomic mass is 32.2. The molecule has 0 saturated carbocycles. The lowest BCUT2D eigenvalue weighted by molar-refractivity contribution is -0.121. The van der Waals surface area contributed by atoms with Crippen LogP contribution in [0, 0.1) is 0 Å². The number of hydrogen-bond donors (Lipinski definition) is 1. The van der Waals surface area contributed by atoms with Gasteiger partial charge in [-0.15, -0.1) is 10.2 Å². The van der Waals surface area contributed by atoms with Crippen LogP contribution in [0.1, 0.15) is 12.8 Å². The first-order valence-electron chi connectivity index (χ1n) is 7.26. The second-order valence-corrected chi connectivity index (χ2v) is 7.30. The summed E-state index contributed by atoms with van der Waals surface area (Å²) in [5, 5.41) is 10.5. The van der Waals surface area contributed by atoms with E-state index in [0.29, 0.717) is 28.2 Å². The summed E-state index contributed by atoms with van der Waals surface area (Å²) < 4.78 is 5.49. The summed E-state index contributed by atoms with van der Waals surface area (Å²) in [5.41, 5.74) is 1.34. The Morgan fingerprint density at radius 3 is 3.00 bits per heavy atom. The molecule has 2 amide bonds. The van der Waals surface area contributed by atoms with E-state index in [9.17, 15) is 9.59 Å². The maximum atomic E-state index is 12.8. The Morgan fingerprint density at radius 1 is 1.42 bits per heavy atom. The van der Waals surface area contributed by atoms with Gasteiger partial charge in [0.1, 0.15) is 6.54 Å². The van der Waals surface area contributed by atoms with Gasteiger partial charge in [0.15, 0.2) is 0 Å². The van der Waals surface area contributed by atoms with Gasteiger partial charge >= 0.3 is 0 Å². The van der Waals surface area contributed by atoms with E-state index >= 15 is 0 Å². The molecule has 0 spiro atoms. The molecule has 9 heteroatoms. The summed E-state index contributed by atoms with van der Waals surface area (Å²) in [7, 11) is 0. The number of para-hydroxylation sites is 2. The van der Waals surface area contributed by atoms with Gasteiger partial charge in [-0.05, 0) is 25.3 Å². The molecule has 2 aromatic rings. The van der Waals surface area contributed by atoms with Crippen LogP contribution in [0.25, 0.3) is 0 Å². The monoisotopic (exact) mass is 364 g/mol. The van der Waals surface area contributed by atoms with Gasteiger partial charge in [-0.25, -0.2) is 0 Å². The maximum absolute atomic E-state index is 12.8. The number of thioether (sulfide) groups is 2. The minimum Gasteiger partial charge on any atom is -0.415 e. The zero-order valence-corrected chi connectivity index (χ0v) is 14.8. The minimum absolute atomic E-state index is 0.00229. The molecule has 1 aliphatic rings. The van der Waals surface area contributed by atoms with Crippen LogP contribution in [0.15, 0.2) is 33.9 Å². The summed E-state index contributed by atoms with van der Waals surface area (Å²) >= 11 is 2.78. The zero-order chi connectivity index (χ0) is 17.1. The number of anilines is 2. The minimum atomic E-state index is -0.452. The Balaban J connectivity index is 1.74. The van der Waals surface area contributed by atoms with E-state index in [1.165, 1.54) is 16.7 Å². The van der Waals surface area contributed by atoms with Gasteiger partial charge < -0.3 is 9.73 Å². The number of carbonyl (C=O) groups excluding carboxylic acids is 2. The van der Waals surface area contributed by atoms with Crippen molar-refractivity contribution in [3.05, 3.63) is 30.2 Å². The molecule has 0 bridgehead atoms. The predicted octanol–water partition coefficient (Wildman–Crippen LogP) is 2.40. The van der Waals surface area contributed by atoms with E-state index < -0.39 is 5.25 Å².